The fourth-order valence-electron chi connectivity index (χ4n) is 3.66. The van der Waals surface area contributed by atoms with Crippen LogP contribution in [-0.2, 0) is 26.2 Å². The number of piperidine rings is 1. The molecule has 1 fully saturated rings. The van der Waals surface area contributed by atoms with Crippen molar-refractivity contribution in [3.8, 4) is 11.5 Å². The molecule has 9 heteroatoms. The number of thioether (sulfide) groups is 1. The van der Waals surface area contributed by atoms with Gasteiger partial charge in [-0.25, -0.2) is 8.42 Å². The summed E-state index contributed by atoms with van der Waals surface area (Å²) in [6.07, 6.45) is 2.89. The van der Waals surface area contributed by atoms with Crippen molar-refractivity contribution in [3.05, 3.63) is 48.0 Å². The molecule has 4 rings (SSSR count). The highest BCUT2D eigenvalue weighted by molar-refractivity contribution is 7.98. The predicted octanol–water partition coefficient (Wildman–Crippen LogP) is 3.32. The fraction of sp³-hybridized carbons (Fsp3) is 0.409. The number of carbonyl (C=O) groups is 1. The van der Waals surface area contributed by atoms with Crippen molar-refractivity contribution in [2.75, 3.05) is 32.6 Å². The molecule has 0 amide bonds. The Morgan fingerprint density at radius 3 is 2.42 bits per heavy atom. The normalized spacial score (nSPS) is 17.3. The minimum absolute atomic E-state index is 0.173. The van der Waals surface area contributed by atoms with Crippen LogP contribution in [0.1, 0.15) is 18.4 Å². The minimum atomic E-state index is -3.66. The van der Waals surface area contributed by atoms with Crippen molar-refractivity contribution in [3.63, 3.8) is 0 Å². The third-order valence-electron chi connectivity index (χ3n) is 5.48. The van der Waals surface area contributed by atoms with Crippen molar-refractivity contribution in [2.24, 2.45) is 5.92 Å². The zero-order valence-electron chi connectivity index (χ0n) is 17.3. The standard InChI is InChI=1S/C22H25NO6S2/c1-30-18-4-2-16(3-5-18)15-29-22(24)17-8-10-23(11-9-17)31(25,26)19-6-7-20-21(14-19)28-13-12-27-20/h2-7,14,17H,8-13,15H2,1H3. The van der Waals surface area contributed by atoms with Crippen molar-refractivity contribution in [1.29, 1.82) is 0 Å². The fourth-order valence-corrected chi connectivity index (χ4v) is 5.55. The van der Waals surface area contributed by atoms with Crippen LogP contribution in [0.5, 0.6) is 11.5 Å². The zero-order valence-corrected chi connectivity index (χ0v) is 18.9. The maximum Gasteiger partial charge on any atom is 0.309 e. The Morgan fingerprint density at radius 1 is 1.06 bits per heavy atom. The van der Waals surface area contributed by atoms with Gasteiger partial charge in [0.15, 0.2) is 11.5 Å². The van der Waals surface area contributed by atoms with E-state index in [4.69, 9.17) is 14.2 Å². The Labute approximate surface area is 186 Å². The molecule has 2 heterocycles. The first-order chi connectivity index (χ1) is 15.0. The van der Waals surface area contributed by atoms with E-state index in [9.17, 15) is 13.2 Å². The number of benzene rings is 2. The van der Waals surface area contributed by atoms with Crippen molar-refractivity contribution < 1.29 is 27.4 Å². The zero-order chi connectivity index (χ0) is 21.8. The molecule has 0 spiro atoms. The molecule has 7 nitrogen and oxygen atoms in total. The molecule has 2 aliphatic heterocycles. The Morgan fingerprint density at radius 2 is 1.74 bits per heavy atom. The number of carbonyl (C=O) groups excluding carboxylic acids is 1. The van der Waals surface area contributed by atoms with Gasteiger partial charge >= 0.3 is 5.97 Å². The van der Waals surface area contributed by atoms with E-state index in [2.05, 4.69) is 0 Å². The molecule has 2 aromatic carbocycles. The van der Waals surface area contributed by atoms with Gasteiger partial charge in [0.05, 0.1) is 10.8 Å². The van der Waals surface area contributed by atoms with Crippen LogP contribution >= 0.6 is 11.8 Å². The highest BCUT2D eigenvalue weighted by Crippen LogP contribution is 2.34. The Hall–Kier alpha value is -2.23. The van der Waals surface area contributed by atoms with Crippen LogP contribution in [0.3, 0.4) is 0 Å². The summed E-state index contributed by atoms with van der Waals surface area (Å²) in [7, 11) is -3.66. The van der Waals surface area contributed by atoms with E-state index >= 15 is 0 Å². The molecule has 166 valence electrons. The van der Waals surface area contributed by atoms with Crippen LogP contribution in [0.15, 0.2) is 52.3 Å². The second kappa shape index (κ2) is 9.50. The lowest BCUT2D eigenvalue weighted by Gasteiger charge is -2.30. The second-order valence-corrected chi connectivity index (χ2v) is 10.3. The number of rotatable bonds is 6. The largest absolute Gasteiger partial charge is 0.486 e. The number of hydrogen-bond donors (Lipinski definition) is 0. The smallest absolute Gasteiger partial charge is 0.309 e. The van der Waals surface area contributed by atoms with Gasteiger partial charge in [-0.15, -0.1) is 11.8 Å². The molecule has 0 aliphatic carbocycles. The first kappa shape index (κ1) is 22.0. The maximum atomic E-state index is 13.0. The molecule has 0 unspecified atom stereocenters. The predicted molar refractivity (Wildman–Crippen MR) is 117 cm³/mol. The maximum absolute atomic E-state index is 13.0. The number of esters is 1. The molecule has 0 N–H and O–H groups in total. The molecule has 0 aromatic heterocycles. The number of nitrogens with zero attached hydrogens (tertiary/aromatic N) is 1. The number of sulfonamides is 1. The van der Waals surface area contributed by atoms with Crippen LogP contribution in [0, 0.1) is 5.92 Å². The lowest BCUT2D eigenvalue weighted by Crippen LogP contribution is -2.40. The average molecular weight is 464 g/mol. The van der Waals surface area contributed by atoms with E-state index in [-0.39, 0.29) is 36.5 Å². The molecule has 0 bridgehead atoms. The minimum Gasteiger partial charge on any atom is -0.486 e. The summed E-state index contributed by atoms with van der Waals surface area (Å²) in [5, 5.41) is 0. The summed E-state index contributed by atoms with van der Waals surface area (Å²) in [6, 6.07) is 12.5. The van der Waals surface area contributed by atoms with Crippen LogP contribution < -0.4 is 9.47 Å². The molecule has 31 heavy (non-hydrogen) atoms. The van der Waals surface area contributed by atoms with Gasteiger partial charge in [0.1, 0.15) is 19.8 Å². The van der Waals surface area contributed by atoms with Gasteiger partial charge in [0, 0.05) is 24.1 Å². The van der Waals surface area contributed by atoms with E-state index in [1.54, 1.807) is 17.8 Å². The highest BCUT2D eigenvalue weighted by Gasteiger charge is 2.33. The Bertz CT molecular complexity index is 1030. The van der Waals surface area contributed by atoms with Crippen LogP contribution in [0.25, 0.3) is 0 Å². The van der Waals surface area contributed by atoms with E-state index in [0.717, 1.165) is 10.5 Å². The number of ether oxygens (including phenoxy) is 3. The van der Waals surface area contributed by atoms with Gasteiger partial charge in [0.25, 0.3) is 0 Å². The SMILES string of the molecule is CSc1ccc(COC(=O)C2CCN(S(=O)(=O)c3ccc4c(c3)OCCO4)CC2)cc1. The molecule has 0 atom stereocenters. The first-order valence-corrected chi connectivity index (χ1v) is 12.8. The van der Waals surface area contributed by atoms with Crippen molar-refractivity contribution >= 4 is 27.8 Å². The van der Waals surface area contributed by atoms with Gasteiger partial charge in [-0.05, 0) is 48.9 Å². The Balaban J connectivity index is 1.32. The molecule has 2 aliphatic rings. The summed E-state index contributed by atoms with van der Waals surface area (Å²) in [5.74, 6) is 0.425. The van der Waals surface area contributed by atoms with Gasteiger partial charge in [-0.2, -0.15) is 4.31 Å². The van der Waals surface area contributed by atoms with E-state index in [0.29, 0.717) is 37.6 Å². The molecule has 0 radical (unpaired) electrons. The number of hydrogen-bond acceptors (Lipinski definition) is 7. The highest BCUT2D eigenvalue weighted by atomic mass is 32.2. The lowest BCUT2D eigenvalue weighted by molar-refractivity contribution is -0.151. The molecular weight excluding hydrogens is 438 g/mol. The van der Waals surface area contributed by atoms with Crippen LogP contribution in [-0.4, -0.2) is 51.3 Å². The van der Waals surface area contributed by atoms with E-state index < -0.39 is 10.0 Å². The van der Waals surface area contributed by atoms with Crippen molar-refractivity contribution in [2.45, 2.75) is 29.2 Å². The van der Waals surface area contributed by atoms with Gasteiger partial charge < -0.3 is 14.2 Å². The molecule has 1 saturated heterocycles. The lowest BCUT2D eigenvalue weighted by atomic mass is 9.98. The summed E-state index contributed by atoms with van der Waals surface area (Å²) in [5.41, 5.74) is 0.935. The topological polar surface area (TPSA) is 82.1 Å². The van der Waals surface area contributed by atoms with Crippen molar-refractivity contribution in [1.82, 2.24) is 4.31 Å². The average Bonchev–Trinajstić information content (AvgIpc) is 2.82. The van der Waals surface area contributed by atoms with E-state index in [1.807, 2.05) is 30.5 Å². The quantitative estimate of drug-likeness (QED) is 0.480. The summed E-state index contributed by atoms with van der Waals surface area (Å²) < 4.78 is 43.9. The Kier molecular flexibility index (Phi) is 6.74. The monoisotopic (exact) mass is 463 g/mol. The summed E-state index contributed by atoms with van der Waals surface area (Å²) in [6.45, 7) is 1.62. The molecule has 0 saturated carbocycles. The summed E-state index contributed by atoms with van der Waals surface area (Å²) in [4.78, 5) is 13.8. The van der Waals surface area contributed by atoms with Gasteiger partial charge in [0.2, 0.25) is 10.0 Å². The molecular formula is C22H25NO6S2. The first-order valence-electron chi connectivity index (χ1n) is 10.2. The van der Waals surface area contributed by atoms with Crippen LogP contribution in [0.4, 0.5) is 0 Å². The third-order valence-corrected chi connectivity index (χ3v) is 8.12. The molecule has 2 aromatic rings. The van der Waals surface area contributed by atoms with E-state index in [1.165, 1.54) is 16.4 Å². The van der Waals surface area contributed by atoms with Gasteiger partial charge in [-0.1, -0.05) is 12.1 Å². The summed E-state index contributed by atoms with van der Waals surface area (Å²) >= 11 is 1.66. The second-order valence-electron chi connectivity index (χ2n) is 7.44. The van der Waals surface area contributed by atoms with Gasteiger partial charge in [-0.3, -0.25) is 4.79 Å². The number of fused-ring (bicyclic) bond motifs is 1. The third kappa shape index (κ3) is 4.99. The van der Waals surface area contributed by atoms with Crippen LogP contribution in [0.2, 0.25) is 0 Å².